The van der Waals surface area contributed by atoms with Gasteiger partial charge < -0.3 is 29.2 Å². The van der Waals surface area contributed by atoms with E-state index in [2.05, 4.69) is 6.92 Å². The number of carbonyl (C=O) groups is 3. The van der Waals surface area contributed by atoms with Gasteiger partial charge in [-0.25, -0.2) is 4.79 Å². The van der Waals surface area contributed by atoms with Gasteiger partial charge in [0, 0.05) is 37.4 Å². The van der Waals surface area contributed by atoms with Crippen LogP contribution in [-0.4, -0.2) is 64.9 Å². The number of rotatable bonds is 3. The summed E-state index contributed by atoms with van der Waals surface area (Å²) < 4.78 is 24.6. The second-order valence-electron chi connectivity index (χ2n) is 12.2. The maximum Gasteiger partial charge on any atom is 0.331 e. The quantitative estimate of drug-likeness (QED) is 0.556. The maximum absolute atomic E-state index is 13.7. The zero-order chi connectivity index (χ0) is 25.9. The highest BCUT2D eigenvalue weighted by molar-refractivity contribution is 5.88. The molecule has 5 fully saturated rings. The molecular formula is C27H36O9. The SMILES string of the molecule is CO[C@@]12O[C@@]3(C)CC[C@@H](OC(=O)[C@@H]1[C@@H]1[C@H]4[C@H]5[C@@H](O)[C@@H](C)[C@@H](OC(C)=O)[C@H]5C=C(C(=O)O)[C@H]4C[C@H]13)[C@H]2C. The molecular weight excluding hydrogens is 468 g/mol. The summed E-state index contributed by atoms with van der Waals surface area (Å²) in [6, 6.07) is 0. The van der Waals surface area contributed by atoms with E-state index in [1.54, 1.807) is 13.2 Å². The molecule has 3 heterocycles. The monoisotopic (exact) mass is 504 g/mol. The van der Waals surface area contributed by atoms with Gasteiger partial charge in [-0.2, -0.15) is 0 Å². The summed E-state index contributed by atoms with van der Waals surface area (Å²) in [5.74, 6) is -6.18. The Morgan fingerprint density at radius 3 is 2.56 bits per heavy atom. The third-order valence-electron chi connectivity index (χ3n) is 10.9. The zero-order valence-corrected chi connectivity index (χ0v) is 21.4. The highest BCUT2D eigenvalue weighted by Crippen LogP contribution is 2.69. The molecule has 36 heavy (non-hydrogen) atoms. The van der Waals surface area contributed by atoms with E-state index in [4.69, 9.17) is 18.9 Å². The average Bonchev–Trinajstić information content (AvgIpc) is 3.31. The molecule has 0 unspecified atom stereocenters. The number of esters is 2. The van der Waals surface area contributed by atoms with E-state index in [-0.39, 0.29) is 59.1 Å². The summed E-state index contributed by atoms with van der Waals surface area (Å²) in [7, 11) is 1.58. The molecule has 0 radical (unpaired) electrons. The van der Waals surface area contributed by atoms with Crippen molar-refractivity contribution in [3.8, 4) is 0 Å². The Morgan fingerprint density at radius 1 is 1.19 bits per heavy atom. The van der Waals surface area contributed by atoms with Crippen molar-refractivity contribution in [1.29, 1.82) is 0 Å². The predicted octanol–water partition coefficient (Wildman–Crippen LogP) is 2.16. The van der Waals surface area contributed by atoms with Crippen LogP contribution in [0.1, 0.15) is 47.0 Å². The first kappa shape index (κ1) is 24.4. The lowest BCUT2D eigenvalue weighted by molar-refractivity contribution is -0.378. The van der Waals surface area contributed by atoms with Crippen LogP contribution in [0.4, 0.5) is 0 Å². The highest BCUT2D eigenvalue weighted by atomic mass is 16.7. The largest absolute Gasteiger partial charge is 0.478 e. The van der Waals surface area contributed by atoms with Crippen molar-refractivity contribution >= 4 is 17.9 Å². The molecule has 6 rings (SSSR count). The number of methoxy groups -OCH3 is 1. The summed E-state index contributed by atoms with van der Waals surface area (Å²) in [6.45, 7) is 7.23. The predicted molar refractivity (Wildman–Crippen MR) is 123 cm³/mol. The fraction of sp³-hybridized carbons (Fsp3) is 0.815. The van der Waals surface area contributed by atoms with Crippen LogP contribution in [-0.2, 0) is 33.3 Å². The molecule has 2 saturated carbocycles. The van der Waals surface area contributed by atoms with Gasteiger partial charge >= 0.3 is 17.9 Å². The molecule has 0 aromatic carbocycles. The topological polar surface area (TPSA) is 129 Å². The minimum Gasteiger partial charge on any atom is -0.478 e. The lowest BCUT2D eigenvalue weighted by Gasteiger charge is -2.59. The summed E-state index contributed by atoms with van der Waals surface area (Å²) in [5.41, 5.74) is -0.346. The van der Waals surface area contributed by atoms with Gasteiger partial charge in [-0.3, -0.25) is 9.59 Å². The molecule has 0 aromatic rings. The first-order valence-electron chi connectivity index (χ1n) is 13.2. The Balaban J connectivity index is 1.53. The number of aliphatic hydroxyl groups is 1. The van der Waals surface area contributed by atoms with Crippen molar-refractivity contribution in [2.24, 2.45) is 53.3 Å². The second-order valence-corrected chi connectivity index (χ2v) is 12.2. The van der Waals surface area contributed by atoms with Crippen molar-refractivity contribution in [3.63, 3.8) is 0 Å². The normalized spacial score (nSPS) is 54.5. The number of carbonyl (C=O) groups excluding carboxylic acids is 2. The van der Waals surface area contributed by atoms with E-state index in [1.807, 2.05) is 13.8 Å². The lowest BCUT2D eigenvalue weighted by Crippen LogP contribution is -2.69. The van der Waals surface area contributed by atoms with E-state index < -0.39 is 47.4 Å². The van der Waals surface area contributed by atoms with Crippen LogP contribution in [0, 0.1) is 53.3 Å². The van der Waals surface area contributed by atoms with Gasteiger partial charge in [-0.1, -0.05) is 19.9 Å². The Morgan fingerprint density at radius 2 is 1.92 bits per heavy atom. The number of hydrogen-bond acceptors (Lipinski definition) is 8. The first-order chi connectivity index (χ1) is 16.9. The summed E-state index contributed by atoms with van der Waals surface area (Å²) in [6.07, 6.45) is 1.85. The molecule has 6 aliphatic rings. The lowest BCUT2D eigenvalue weighted by atomic mass is 9.59. The van der Waals surface area contributed by atoms with E-state index in [9.17, 15) is 24.6 Å². The second kappa shape index (κ2) is 7.77. The molecule has 0 aromatic heterocycles. The standard InChI is InChI=1S/C27H36O9/c1-10-22(29)19-15(23(10)34-12(3)28)8-14(24(30)31)13-9-16-20(18(13)19)21-25(32)35-17-6-7-26(16,4)36-27(21,33-5)11(17)2/h8,10-11,13,15-23,29H,6-7,9H2,1-5H3,(H,30,31)/t10-,11-,13-,15+,16-,17-,18-,19+,20+,21+,22+,23-,26+,27+/m1/s1. The van der Waals surface area contributed by atoms with Crippen LogP contribution in [0.5, 0.6) is 0 Å². The molecule has 9 nitrogen and oxygen atoms in total. The number of fused-ring (bicyclic) bond motifs is 9. The van der Waals surface area contributed by atoms with Crippen molar-refractivity contribution in [1.82, 2.24) is 0 Å². The van der Waals surface area contributed by atoms with Crippen LogP contribution >= 0.6 is 0 Å². The number of carboxylic acids is 1. The zero-order valence-electron chi connectivity index (χ0n) is 21.4. The van der Waals surface area contributed by atoms with Crippen molar-refractivity contribution < 1.29 is 43.5 Å². The van der Waals surface area contributed by atoms with Crippen LogP contribution in [0.2, 0.25) is 0 Å². The van der Waals surface area contributed by atoms with Crippen LogP contribution < -0.4 is 0 Å². The van der Waals surface area contributed by atoms with Crippen LogP contribution in [0.25, 0.3) is 0 Å². The molecule has 3 bridgehead atoms. The van der Waals surface area contributed by atoms with Gasteiger partial charge in [0.25, 0.3) is 0 Å². The smallest absolute Gasteiger partial charge is 0.331 e. The molecule has 0 amide bonds. The van der Waals surface area contributed by atoms with Crippen molar-refractivity contribution in [2.75, 3.05) is 7.11 Å². The summed E-state index contributed by atoms with van der Waals surface area (Å²) in [4.78, 5) is 38.2. The fourth-order valence-corrected chi connectivity index (χ4v) is 9.45. The van der Waals surface area contributed by atoms with Crippen LogP contribution in [0.15, 0.2) is 11.6 Å². The summed E-state index contributed by atoms with van der Waals surface area (Å²) in [5, 5.41) is 21.8. The molecule has 0 spiro atoms. The number of carboxylic acid groups (broad SMARTS) is 1. The van der Waals surface area contributed by atoms with E-state index >= 15 is 0 Å². The number of aliphatic carboxylic acids is 1. The fourth-order valence-electron chi connectivity index (χ4n) is 9.45. The molecule has 2 N–H and O–H groups in total. The molecule has 3 aliphatic heterocycles. The Labute approximate surface area is 210 Å². The van der Waals surface area contributed by atoms with Gasteiger partial charge in [0.1, 0.15) is 18.1 Å². The molecule has 198 valence electrons. The van der Waals surface area contributed by atoms with Gasteiger partial charge in [0.05, 0.1) is 11.7 Å². The Kier molecular flexibility index (Phi) is 5.26. The van der Waals surface area contributed by atoms with Crippen molar-refractivity contribution in [2.45, 2.75) is 76.7 Å². The third kappa shape index (κ3) is 2.91. The number of ether oxygens (including phenoxy) is 4. The average molecular weight is 505 g/mol. The first-order valence-corrected chi connectivity index (χ1v) is 13.2. The van der Waals surface area contributed by atoms with Crippen LogP contribution in [0.3, 0.4) is 0 Å². The minimum absolute atomic E-state index is 0.103. The maximum atomic E-state index is 13.7. The van der Waals surface area contributed by atoms with Gasteiger partial charge in [-0.15, -0.1) is 0 Å². The van der Waals surface area contributed by atoms with Crippen molar-refractivity contribution in [3.05, 3.63) is 11.6 Å². The van der Waals surface area contributed by atoms with E-state index in [0.717, 1.165) is 0 Å². The number of hydrogen-bond donors (Lipinski definition) is 2. The Bertz CT molecular complexity index is 1040. The van der Waals surface area contributed by atoms with Gasteiger partial charge in [0.2, 0.25) is 0 Å². The Hall–Kier alpha value is -1.97. The molecule has 3 saturated heterocycles. The highest BCUT2D eigenvalue weighted by Gasteiger charge is 2.75. The molecule has 9 heteroatoms. The minimum atomic E-state index is -1.17. The molecule has 14 atom stereocenters. The third-order valence-corrected chi connectivity index (χ3v) is 10.9. The van der Waals surface area contributed by atoms with Gasteiger partial charge in [-0.05, 0) is 55.8 Å². The van der Waals surface area contributed by atoms with E-state index in [1.165, 1.54) is 6.92 Å². The van der Waals surface area contributed by atoms with E-state index in [0.29, 0.717) is 19.3 Å². The summed E-state index contributed by atoms with van der Waals surface area (Å²) >= 11 is 0. The molecule has 3 aliphatic carbocycles. The number of aliphatic hydroxyl groups excluding tert-OH is 1. The van der Waals surface area contributed by atoms with Gasteiger partial charge in [0.15, 0.2) is 5.79 Å².